The predicted octanol–water partition coefficient (Wildman–Crippen LogP) is 3.26. The maximum Gasteiger partial charge on any atom is 0.134 e. The first-order valence-corrected chi connectivity index (χ1v) is 8.17. The lowest BCUT2D eigenvalue weighted by Gasteiger charge is -2.07. The Morgan fingerprint density at radius 1 is 1.04 bits per heavy atom. The summed E-state index contributed by atoms with van der Waals surface area (Å²) in [5, 5.41) is 12.3. The van der Waals surface area contributed by atoms with Crippen molar-refractivity contribution in [2.75, 3.05) is 6.54 Å². The van der Waals surface area contributed by atoms with Gasteiger partial charge in [0.2, 0.25) is 0 Å². The molecule has 0 radical (unpaired) electrons. The van der Waals surface area contributed by atoms with Crippen LogP contribution in [0, 0.1) is 6.92 Å². The van der Waals surface area contributed by atoms with Gasteiger partial charge in [0.05, 0.1) is 11.4 Å². The molecular formula is C19H22N4O. The zero-order valence-corrected chi connectivity index (χ0v) is 14.1. The molecule has 0 unspecified atom stereocenters. The van der Waals surface area contributed by atoms with E-state index in [0.29, 0.717) is 6.61 Å². The molecule has 0 amide bonds. The molecule has 24 heavy (non-hydrogen) atoms. The second-order valence-corrected chi connectivity index (χ2v) is 5.57. The summed E-state index contributed by atoms with van der Waals surface area (Å²) in [7, 11) is 0. The van der Waals surface area contributed by atoms with Crippen LogP contribution in [0.3, 0.4) is 0 Å². The van der Waals surface area contributed by atoms with Gasteiger partial charge in [0.25, 0.3) is 0 Å². The third kappa shape index (κ3) is 4.00. The number of para-hydroxylation sites is 1. The van der Waals surface area contributed by atoms with Crippen LogP contribution in [-0.2, 0) is 13.2 Å². The summed E-state index contributed by atoms with van der Waals surface area (Å²) < 4.78 is 5.90. The first kappa shape index (κ1) is 16.2. The summed E-state index contributed by atoms with van der Waals surface area (Å²) in [5.41, 5.74) is 3.87. The van der Waals surface area contributed by atoms with Crippen molar-refractivity contribution in [1.82, 2.24) is 20.3 Å². The van der Waals surface area contributed by atoms with Crippen LogP contribution in [0.4, 0.5) is 0 Å². The van der Waals surface area contributed by atoms with Gasteiger partial charge in [-0.15, -0.1) is 5.10 Å². The van der Waals surface area contributed by atoms with Gasteiger partial charge < -0.3 is 10.1 Å². The van der Waals surface area contributed by atoms with Crippen molar-refractivity contribution < 1.29 is 4.74 Å². The summed E-state index contributed by atoms with van der Waals surface area (Å²) in [4.78, 5) is 1.65. The Bertz CT molecular complexity index is 783. The number of hydrogen-bond acceptors (Lipinski definition) is 4. The van der Waals surface area contributed by atoms with Crippen molar-refractivity contribution in [3.05, 3.63) is 71.5 Å². The number of nitrogens with one attached hydrogen (secondary N) is 1. The average molecular weight is 322 g/mol. The van der Waals surface area contributed by atoms with Crippen LogP contribution in [-0.4, -0.2) is 21.5 Å². The van der Waals surface area contributed by atoms with Crippen molar-refractivity contribution in [2.24, 2.45) is 0 Å². The highest BCUT2D eigenvalue weighted by atomic mass is 16.5. The predicted molar refractivity (Wildman–Crippen MR) is 94.3 cm³/mol. The van der Waals surface area contributed by atoms with E-state index >= 15 is 0 Å². The molecule has 3 aromatic rings. The summed E-state index contributed by atoms with van der Waals surface area (Å²) in [6.07, 6.45) is 0. The number of aryl methyl sites for hydroxylation is 1. The lowest BCUT2D eigenvalue weighted by Crippen LogP contribution is -2.11. The molecule has 5 heteroatoms. The highest BCUT2D eigenvalue weighted by molar-refractivity contribution is 5.30. The van der Waals surface area contributed by atoms with Gasteiger partial charge in [-0.2, -0.15) is 9.90 Å². The van der Waals surface area contributed by atoms with E-state index in [1.807, 2.05) is 49.4 Å². The molecule has 0 aliphatic heterocycles. The van der Waals surface area contributed by atoms with E-state index in [-0.39, 0.29) is 0 Å². The minimum absolute atomic E-state index is 0.406. The van der Waals surface area contributed by atoms with E-state index in [1.54, 1.807) is 4.80 Å². The number of rotatable bonds is 7. The van der Waals surface area contributed by atoms with Gasteiger partial charge in [-0.25, -0.2) is 0 Å². The smallest absolute Gasteiger partial charge is 0.134 e. The second-order valence-electron chi connectivity index (χ2n) is 5.57. The molecule has 0 fully saturated rings. The molecule has 5 nitrogen and oxygen atoms in total. The Morgan fingerprint density at radius 3 is 2.67 bits per heavy atom. The topological polar surface area (TPSA) is 52.0 Å². The van der Waals surface area contributed by atoms with Crippen LogP contribution in [0.25, 0.3) is 5.69 Å². The standard InChI is InChI=1S/C19H22N4O/c1-3-20-13-16-8-7-11-18(12-16)24-14-19-15(2)21-23(22-19)17-9-5-4-6-10-17/h4-12,20H,3,13-14H2,1-2H3. The molecule has 0 atom stereocenters. The lowest BCUT2D eigenvalue weighted by atomic mass is 10.2. The maximum absolute atomic E-state index is 5.90. The fourth-order valence-corrected chi connectivity index (χ4v) is 2.39. The summed E-state index contributed by atoms with van der Waals surface area (Å²) in [6.45, 7) is 6.25. The van der Waals surface area contributed by atoms with E-state index in [2.05, 4.69) is 34.6 Å². The highest BCUT2D eigenvalue weighted by Crippen LogP contribution is 2.16. The molecule has 1 N–H and O–H groups in total. The molecule has 0 aliphatic carbocycles. The fourth-order valence-electron chi connectivity index (χ4n) is 2.39. The highest BCUT2D eigenvalue weighted by Gasteiger charge is 2.09. The molecule has 0 spiro atoms. The van der Waals surface area contributed by atoms with E-state index in [4.69, 9.17) is 4.74 Å². The summed E-state index contributed by atoms with van der Waals surface area (Å²) in [5.74, 6) is 0.846. The number of nitrogens with zero attached hydrogens (tertiary/aromatic N) is 3. The Morgan fingerprint density at radius 2 is 1.88 bits per heavy atom. The monoisotopic (exact) mass is 322 g/mol. The summed E-state index contributed by atoms with van der Waals surface area (Å²) >= 11 is 0. The van der Waals surface area contributed by atoms with E-state index in [9.17, 15) is 0 Å². The van der Waals surface area contributed by atoms with Crippen LogP contribution in [0.5, 0.6) is 5.75 Å². The number of benzene rings is 2. The Labute approximate surface area is 142 Å². The number of aromatic nitrogens is 3. The van der Waals surface area contributed by atoms with Gasteiger partial charge >= 0.3 is 0 Å². The van der Waals surface area contributed by atoms with E-state index in [0.717, 1.165) is 35.9 Å². The first-order valence-electron chi connectivity index (χ1n) is 8.17. The second kappa shape index (κ2) is 7.75. The zero-order valence-electron chi connectivity index (χ0n) is 14.1. The molecule has 0 saturated carbocycles. The quantitative estimate of drug-likeness (QED) is 0.725. The minimum atomic E-state index is 0.406. The third-order valence-electron chi connectivity index (χ3n) is 3.72. The average Bonchev–Trinajstić information content (AvgIpc) is 3.00. The van der Waals surface area contributed by atoms with Crippen molar-refractivity contribution in [3.63, 3.8) is 0 Å². The van der Waals surface area contributed by atoms with Crippen molar-refractivity contribution in [1.29, 1.82) is 0 Å². The van der Waals surface area contributed by atoms with Gasteiger partial charge in [-0.05, 0) is 43.3 Å². The molecule has 124 valence electrons. The minimum Gasteiger partial charge on any atom is -0.487 e. The van der Waals surface area contributed by atoms with Crippen LogP contribution in [0.2, 0.25) is 0 Å². The van der Waals surface area contributed by atoms with Gasteiger partial charge in [0, 0.05) is 6.54 Å². The normalized spacial score (nSPS) is 10.8. The van der Waals surface area contributed by atoms with Crippen LogP contribution >= 0.6 is 0 Å². The first-order chi connectivity index (χ1) is 11.8. The van der Waals surface area contributed by atoms with Crippen LogP contribution in [0.1, 0.15) is 23.9 Å². The van der Waals surface area contributed by atoms with E-state index in [1.165, 1.54) is 5.56 Å². The van der Waals surface area contributed by atoms with Gasteiger partial charge in [0.15, 0.2) is 0 Å². The Balaban J connectivity index is 1.68. The summed E-state index contributed by atoms with van der Waals surface area (Å²) in [6, 6.07) is 18.0. The molecule has 3 rings (SSSR count). The molecule has 0 bridgehead atoms. The van der Waals surface area contributed by atoms with Gasteiger partial charge in [0.1, 0.15) is 18.1 Å². The van der Waals surface area contributed by atoms with E-state index < -0.39 is 0 Å². The number of ether oxygens (including phenoxy) is 1. The lowest BCUT2D eigenvalue weighted by molar-refractivity contribution is 0.299. The van der Waals surface area contributed by atoms with Crippen LogP contribution in [0.15, 0.2) is 54.6 Å². The third-order valence-corrected chi connectivity index (χ3v) is 3.72. The Hall–Kier alpha value is -2.66. The molecule has 2 aromatic carbocycles. The zero-order chi connectivity index (χ0) is 16.8. The molecular weight excluding hydrogens is 300 g/mol. The molecule has 0 saturated heterocycles. The van der Waals surface area contributed by atoms with Crippen molar-refractivity contribution in [2.45, 2.75) is 27.0 Å². The molecule has 0 aliphatic rings. The fraction of sp³-hybridized carbons (Fsp3) is 0.263. The van der Waals surface area contributed by atoms with Crippen molar-refractivity contribution in [3.8, 4) is 11.4 Å². The number of hydrogen-bond donors (Lipinski definition) is 1. The van der Waals surface area contributed by atoms with Gasteiger partial charge in [-0.1, -0.05) is 37.3 Å². The maximum atomic E-state index is 5.90. The Kier molecular flexibility index (Phi) is 5.23. The van der Waals surface area contributed by atoms with Gasteiger partial charge in [-0.3, -0.25) is 0 Å². The SMILES string of the molecule is CCNCc1cccc(OCc2nn(-c3ccccc3)nc2C)c1. The molecule has 1 aromatic heterocycles. The van der Waals surface area contributed by atoms with Crippen molar-refractivity contribution >= 4 is 0 Å². The largest absolute Gasteiger partial charge is 0.487 e. The molecule has 1 heterocycles. The van der Waals surface area contributed by atoms with Crippen LogP contribution < -0.4 is 10.1 Å².